The van der Waals surface area contributed by atoms with Crippen LogP contribution >= 0.6 is 0 Å². The van der Waals surface area contributed by atoms with E-state index in [1.54, 1.807) is 14.2 Å². The summed E-state index contributed by atoms with van der Waals surface area (Å²) >= 11 is 0. The van der Waals surface area contributed by atoms with Gasteiger partial charge in [0, 0.05) is 77.5 Å². The van der Waals surface area contributed by atoms with Gasteiger partial charge in [0.1, 0.15) is 11.5 Å². The molecule has 61 heavy (non-hydrogen) atoms. The second-order valence-electron chi connectivity index (χ2n) is 16.6. The predicted octanol–water partition coefficient (Wildman–Crippen LogP) is 15.0. The highest BCUT2D eigenvalue weighted by molar-refractivity contribution is 6.23. The first-order valence-corrected chi connectivity index (χ1v) is 21.6. The van der Waals surface area contributed by atoms with Crippen molar-refractivity contribution in [2.45, 2.75) is 39.2 Å². The van der Waals surface area contributed by atoms with Crippen molar-refractivity contribution >= 4 is 81.7 Å². The largest absolute Gasteiger partial charge is 0.496 e. The third kappa shape index (κ3) is 5.26. The maximum atomic E-state index is 6.21. The molecule has 12 rings (SSSR count). The number of rotatable bonds is 10. The van der Waals surface area contributed by atoms with Crippen molar-refractivity contribution in [1.29, 1.82) is 0 Å². The Hall–Kier alpha value is -7.24. The smallest absolute Gasteiger partial charge is 0.127 e. The van der Waals surface area contributed by atoms with Crippen molar-refractivity contribution in [3.8, 4) is 39.4 Å². The van der Waals surface area contributed by atoms with Crippen LogP contribution in [0.3, 0.4) is 0 Å². The standard InChI is InChI=1S/C56H45N3O2/c1-4-5-6-13-29-57-48-20-10-7-16-39(48)46-30-35(23-27-49(46)57)44-33-55(61-3)45(34-54(44)60-2)36-24-28-52-47(31-36)40-17-9-11-21-50(40)58(52)37-25-26-41-43-19-14-18-42-38-15-8-12-22-51(38)59(56(42)43)53(41)32-37/h7-12,14-28,30-34H,4-6,13,29H2,1-3H3. The highest BCUT2D eigenvalue weighted by Crippen LogP contribution is 2.45. The summed E-state index contributed by atoms with van der Waals surface area (Å²) in [5.74, 6) is 1.62. The third-order valence-electron chi connectivity index (χ3n) is 13.3. The number of fused-ring (bicyclic) bond motifs is 12. The Kier molecular flexibility index (Phi) is 8.14. The van der Waals surface area contributed by atoms with E-state index in [-0.39, 0.29) is 0 Å². The lowest BCUT2D eigenvalue weighted by Crippen LogP contribution is -1.98. The van der Waals surface area contributed by atoms with Crippen molar-refractivity contribution in [3.05, 3.63) is 158 Å². The van der Waals surface area contributed by atoms with E-state index in [0.717, 1.165) is 51.5 Å². The van der Waals surface area contributed by atoms with Gasteiger partial charge in [-0.05, 0) is 84.3 Å². The molecule has 296 valence electrons. The number of benzene rings is 8. The summed E-state index contributed by atoms with van der Waals surface area (Å²) in [5, 5.41) is 10.1. The number of para-hydroxylation sites is 4. The molecule has 0 atom stereocenters. The average molecular weight is 792 g/mol. The van der Waals surface area contributed by atoms with Gasteiger partial charge in [-0.25, -0.2) is 0 Å². The van der Waals surface area contributed by atoms with E-state index >= 15 is 0 Å². The SMILES string of the molecule is CCCCCCn1c2ccccc2c2cc(-c3cc(OC)c(-c4ccc5c(c4)c4ccccc4n5-c4ccc5c6cccc7c8ccccc8n(c5c4)c76)cc3OC)ccc21. The van der Waals surface area contributed by atoms with E-state index in [9.17, 15) is 0 Å². The van der Waals surface area contributed by atoms with Crippen LogP contribution in [0.25, 0.3) is 110 Å². The van der Waals surface area contributed by atoms with Gasteiger partial charge in [0.15, 0.2) is 0 Å². The fraction of sp³-hybridized carbons (Fsp3) is 0.143. The fourth-order valence-electron chi connectivity index (χ4n) is 10.5. The average Bonchev–Trinajstić information content (AvgIpc) is 4.04. The number of unbranched alkanes of at least 4 members (excludes halogenated alkanes) is 3. The number of hydrogen-bond donors (Lipinski definition) is 0. The van der Waals surface area contributed by atoms with Crippen LogP contribution in [0.4, 0.5) is 0 Å². The van der Waals surface area contributed by atoms with Crippen molar-refractivity contribution < 1.29 is 9.47 Å². The zero-order chi connectivity index (χ0) is 40.8. The zero-order valence-corrected chi connectivity index (χ0v) is 34.7. The van der Waals surface area contributed by atoms with Crippen molar-refractivity contribution in [2.24, 2.45) is 0 Å². The summed E-state index contributed by atoms with van der Waals surface area (Å²) in [6.07, 6.45) is 4.94. The molecule has 0 unspecified atom stereocenters. The number of hydrogen-bond acceptors (Lipinski definition) is 2. The van der Waals surface area contributed by atoms with Gasteiger partial charge in [-0.15, -0.1) is 0 Å². The molecule has 0 saturated heterocycles. The van der Waals surface area contributed by atoms with Gasteiger partial charge in [0.25, 0.3) is 0 Å². The summed E-state index contributed by atoms with van der Waals surface area (Å²) < 4.78 is 19.8. The second-order valence-corrected chi connectivity index (χ2v) is 16.6. The van der Waals surface area contributed by atoms with E-state index < -0.39 is 0 Å². The van der Waals surface area contributed by atoms with Gasteiger partial charge in [-0.3, -0.25) is 0 Å². The molecule has 0 aliphatic heterocycles. The van der Waals surface area contributed by atoms with E-state index in [4.69, 9.17) is 9.47 Å². The van der Waals surface area contributed by atoms with E-state index in [1.165, 1.54) is 102 Å². The van der Waals surface area contributed by atoms with Crippen LogP contribution in [0, 0.1) is 0 Å². The van der Waals surface area contributed by atoms with E-state index in [0.29, 0.717) is 0 Å². The number of aryl methyl sites for hydroxylation is 1. The molecule has 0 aliphatic rings. The molecule has 0 amide bonds. The third-order valence-corrected chi connectivity index (χ3v) is 13.3. The molecule has 4 heterocycles. The maximum absolute atomic E-state index is 6.21. The maximum Gasteiger partial charge on any atom is 0.127 e. The lowest BCUT2D eigenvalue weighted by Gasteiger charge is -2.16. The lowest BCUT2D eigenvalue weighted by molar-refractivity contribution is 0.406. The first-order valence-electron chi connectivity index (χ1n) is 21.6. The summed E-state index contributed by atoms with van der Waals surface area (Å²) in [4.78, 5) is 0. The molecule has 0 aliphatic carbocycles. The molecular weight excluding hydrogens is 747 g/mol. The molecule has 0 saturated carbocycles. The van der Waals surface area contributed by atoms with Crippen molar-refractivity contribution in [1.82, 2.24) is 13.5 Å². The summed E-state index contributed by atoms with van der Waals surface area (Å²) in [5.41, 5.74) is 14.0. The lowest BCUT2D eigenvalue weighted by atomic mass is 9.96. The van der Waals surface area contributed by atoms with Crippen molar-refractivity contribution in [2.75, 3.05) is 14.2 Å². The monoisotopic (exact) mass is 791 g/mol. The molecule has 0 N–H and O–H groups in total. The van der Waals surface area contributed by atoms with E-state index in [2.05, 4.69) is 178 Å². The Morgan fingerprint density at radius 1 is 0.410 bits per heavy atom. The minimum atomic E-state index is 0.806. The minimum Gasteiger partial charge on any atom is -0.496 e. The number of methoxy groups -OCH3 is 2. The Morgan fingerprint density at radius 2 is 0.934 bits per heavy atom. The van der Waals surface area contributed by atoms with Crippen LogP contribution < -0.4 is 9.47 Å². The van der Waals surface area contributed by atoms with Gasteiger partial charge < -0.3 is 23.0 Å². The van der Waals surface area contributed by atoms with Crippen LogP contribution in [0.1, 0.15) is 32.6 Å². The summed E-state index contributed by atoms with van der Waals surface area (Å²) in [7, 11) is 3.53. The van der Waals surface area contributed by atoms with Gasteiger partial charge in [-0.2, -0.15) is 0 Å². The van der Waals surface area contributed by atoms with Gasteiger partial charge in [0.2, 0.25) is 0 Å². The Bertz CT molecular complexity index is 3680. The molecular formula is C56H45N3O2. The first-order chi connectivity index (χ1) is 30.1. The minimum absolute atomic E-state index is 0.806. The zero-order valence-electron chi connectivity index (χ0n) is 34.7. The fourth-order valence-corrected chi connectivity index (χ4v) is 10.5. The second kappa shape index (κ2) is 13.9. The number of ether oxygens (including phenoxy) is 2. The van der Waals surface area contributed by atoms with Crippen LogP contribution in [0.2, 0.25) is 0 Å². The van der Waals surface area contributed by atoms with Crippen LogP contribution in [-0.2, 0) is 6.54 Å². The predicted molar refractivity (Wildman–Crippen MR) is 257 cm³/mol. The van der Waals surface area contributed by atoms with E-state index in [1.807, 2.05) is 0 Å². The van der Waals surface area contributed by atoms with Gasteiger partial charge in [0.05, 0.1) is 41.8 Å². The molecule has 0 radical (unpaired) electrons. The molecule has 4 aromatic heterocycles. The molecule has 0 bridgehead atoms. The Labute approximate surface area is 353 Å². The summed E-state index contributed by atoms with van der Waals surface area (Å²) in [6.45, 7) is 3.29. The van der Waals surface area contributed by atoms with Gasteiger partial charge in [-0.1, -0.05) is 117 Å². The molecule has 12 aromatic rings. The molecule has 8 aromatic carbocycles. The Morgan fingerprint density at radius 3 is 1.61 bits per heavy atom. The molecule has 0 fully saturated rings. The van der Waals surface area contributed by atoms with Crippen molar-refractivity contribution in [3.63, 3.8) is 0 Å². The van der Waals surface area contributed by atoms with Crippen LogP contribution in [0.15, 0.2) is 158 Å². The topological polar surface area (TPSA) is 32.7 Å². The molecule has 5 heteroatoms. The molecule has 0 spiro atoms. The highest BCUT2D eigenvalue weighted by atomic mass is 16.5. The van der Waals surface area contributed by atoms with Crippen LogP contribution in [0.5, 0.6) is 11.5 Å². The number of nitrogens with zero attached hydrogens (tertiary/aromatic N) is 3. The van der Waals surface area contributed by atoms with Crippen LogP contribution in [-0.4, -0.2) is 27.8 Å². The quantitative estimate of drug-likeness (QED) is 0.129. The number of aromatic nitrogens is 3. The first kappa shape index (κ1) is 35.7. The Balaban J connectivity index is 0.985. The summed E-state index contributed by atoms with van der Waals surface area (Å²) in [6, 6.07) is 57.9. The normalized spacial score (nSPS) is 12.2. The highest BCUT2D eigenvalue weighted by Gasteiger charge is 2.21. The molecule has 5 nitrogen and oxygen atoms in total. The van der Waals surface area contributed by atoms with Gasteiger partial charge >= 0.3 is 0 Å².